The number of hydrogen-bond acceptors (Lipinski definition) is 3. The van der Waals surface area contributed by atoms with Crippen molar-refractivity contribution >= 4 is 22.7 Å². The lowest BCUT2D eigenvalue weighted by atomic mass is 10.1. The van der Waals surface area contributed by atoms with Crippen molar-refractivity contribution in [2.24, 2.45) is 0 Å². The van der Waals surface area contributed by atoms with Crippen molar-refractivity contribution in [3.8, 4) is 0 Å². The molecule has 0 amide bonds. The lowest BCUT2D eigenvalue weighted by molar-refractivity contribution is 0.517. The predicted molar refractivity (Wildman–Crippen MR) is 78.3 cm³/mol. The molecule has 0 fully saturated rings. The van der Waals surface area contributed by atoms with E-state index in [0.717, 1.165) is 22.2 Å². The Labute approximate surface area is 120 Å². The standard InChI is InChI=1S/C15H13ClN2O2/c1-9-3-4-12-13(5-9)20-15(19)18(12)8-11-6-14(16)17-7-10(11)2/h3-7H,8H2,1-2H3. The van der Waals surface area contributed by atoms with Gasteiger partial charge in [-0.15, -0.1) is 0 Å². The highest BCUT2D eigenvalue weighted by Crippen LogP contribution is 2.18. The van der Waals surface area contributed by atoms with Gasteiger partial charge in [-0.3, -0.25) is 4.57 Å². The number of halogens is 1. The predicted octanol–water partition coefficient (Wildman–Crippen LogP) is 3.31. The van der Waals surface area contributed by atoms with Gasteiger partial charge in [-0.25, -0.2) is 9.78 Å². The van der Waals surface area contributed by atoms with Crippen LogP contribution < -0.4 is 5.76 Å². The summed E-state index contributed by atoms with van der Waals surface area (Å²) in [4.78, 5) is 16.0. The zero-order valence-corrected chi connectivity index (χ0v) is 11.9. The topological polar surface area (TPSA) is 48.0 Å². The van der Waals surface area contributed by atoms with E-state index in [0.29, 0.717) is 17.3 Å². The maximum absolute atomic E-state index is 12.0. The fourth-order valence-corrected chi connectivity index (χ4v) is 2.38. The summed E-state index contributed by atoms with van der Waals surface area (Å²) in [6.07, 6.45) is 1.70. The Hall–Kier alpha value is -2.07. The van der Waals surface area contributed by atoms with E-state index in [9.17, 15) is 4.79 Å². The van der Waals surface area contributed by atoms with Crippen LogP contribution in [0, 0.1) is 13.8 Å². The van der Waals surface area contributed by atoms with E-state index in [-0.39, 0.29) is 5.76 Å². The highest BCUT2D eigenvalue weighted by Gasteiger charge is 2.11. The Morgan fingerprint density at radius 2 is 2.10 bits per heavy atom. The van der Waals surface area contributed by atoms with Gasteiger partial charge in [-0.2, -0.15) is 0 Å². The van der Waals surface area contributed by atoms with Crippen LogP contribution in [0.1, 0.15) is 16.7 Å². The zero-order valence-electron chi connectivity index (χ0n) is 11.2. The number of oxazole rings is 1. The molecule has 3 rings (SSSR count). The van der Waals surface area contributed by atoms with Gasteiger partial charge in [0.25, 0.3) is 0 Å². The van der Waals surface area contributed by atoms with Crippen molar-refractivity contribution in [2.45, 2.75) is 20.4 Å². The van der Waals surface area contributed by atoms with E-state index < -0.39 is 0 Å². The monoisotopic (exact) mass is 288 g/mol. The quantitative estimate of drug-likeness (QED) is 0.680. The smallest absolute Gasteiger partial charge is 0.408 e. The second-order valence-electron chi connectivity index (χ2n) is 4.86. The number of pyridine rings is 1. The molecule has 0 saturated heterocycles. The first-order valence-corrected chi connectivity index (χ1v) is 6.63. The summed E-state index contributed by atoms with van der Waals surface area (Å²) in [7, 11) is 0. The van der Waals surface area contributed by atoms with Crippen LogP contribution in [0.25, 0.3) is 11.1 Å². The fraction of sp³-hybridized carbons (Fsp3) is 0.200. The maximum Gasteiger partial charge on any atom is 0.420 e. The second-order valence-corrected chi connectivity index (χ2v) is 5.25. The Kier molecular flexibility index (Phi) is 3.10. The van der Waals surface area contributed by atoms with Crippen LogP contribution in [0.2, 0.25) is 5.15 Å². The van der Waals surface area contributed by atoms with Gasteiger partial charge in [0.1, 0.15) is 5.15 Å². The number of fused-ring (bicyclic) bond motifs is 1. The second kappa shape index (κ2) is 4.80. The zero-order chi connectivity index (χ0) is 14.3. The van der Waals surface area contributed by atoms with Gasteiger partial charge in [0.05, 0.1) is 12.1 Å². The molecule has 102 valence electrons. The molecule has 0 N–H and O–H groups in total. The molecule has 2 heterocycles. The molecule has 0 saturated carbocycles. The van der Waals surface area contributed by atoms with E-state index in [1.54, 1.807) is 16.8 Å². The van der Waals surface area contributed by atoms with Crippen molar-refractivity contribution in [1.82, 2.24) is 9.55 Å². The van der Waals surface area contributed by atoms with Gasteiger partial charge in [0, 0.05) is 6.20 Å². The van der Waals surface area contributed by atoms with Gasteiger partial charge in [-0.1, -0.05) is 17.7 Å². The van der Waals surface area contributed by atoms with E-state index >= 15 is 0 Å². The van der Waals surface area contributed by atoms with Crippen molar-refractivity contribution in [2.75, 3.05) is 0 Å². The Morgan fingerprint density at radius 1 is 1.30 bits per heavy atom. The molecule has 1 aromatic carbocycles. The van der Waals surface area contributed by atoms with Crippen LogP contribution in [-0.2, 0) is 6.54 Å². The molecular formula is C15H13ClN2O2. The number of benzene rings is 1. The van der Waals surface area contributed by atoms with Crippen molar-refractivity contribution in [3.63, 3.8) is 0 Å². The van der Waals surface area contributed by atoms with Crippen LogP contribution >= 0.6 is 11.6 Å². The molecule has 2 aromatic heterocycles. The molecular weight excluding hydrogens is 276 g/mol. The molecule has 0 bridgehead atoms. The molecule has 0 aliphatic rings. The van der Waals surface area contributed by atoms with Gasteiger partial charge >= 0.3 is 5.76 Å². The molecule has 0 unspecified atom stereocenters. The van der Waals surface area contributed by atoms with Crippen LogP contribution in [0.4, 0.5) is 0 Å². The summed E-state index contributed by atoms with van der Waals surface area (Å²) in [5.74, 6) is -0.363. The Balaban J connectivity index is 2.13. The highest BCUT2D eigenvalue weighted by molar-refractivity contribution is 6.29. The molecule has 0 atom stereocenters. The summed E-state index contributed by atoms with van der Waals surface area (Å²) in [5.41, 5.74) is 4.39. The van der Waals surface area contributed by atoms with Crippen LogP contribution in [0.5, 0.6) is 0 Å². The maximum atomic E-state index is 12.0. The van der Waals surface area contributed by atoms with Crippen molar-refractivity contribution in [1.29, 1.82) is 0 Å². The number of hydrogen-bond donors (Lipinski definition) is 0. The third-order valence-corrected chi connectivity index (χ3v) is 3.54. The lowest BCUT2D eigenvalue weighted by Gasteiger charge is -2.06. The normalized spacial score (nSPS) is 11.2. The van der Waals surface area contributed by atoms with Crippen molar-refractivity contribution in [3.05, 3.63) is 62.9 Å². The molecule has 0 aliphatic heterocycles. The van der Waals surface area contributed by atoms with E-state index in [1.165, 1.54) is 0 Å². The van der Waals surface area contributed by atoms with Gasteiger partial charge in [0.15, 0.2) is 5.58 Å². The molecule has 20 heavy (non-hydrogen) atoms. The SMILES string of the molecule is Cc1ccc2c(c1)oc(=O)n2Cc1cc(Cl)ncc1C. The van der Waals surface area contributed by atoms with Crippen LogP contribution in [0.3, 0.4) is 0 Å². The van der Waals surface area contributed by atoms with Gasteiger partial charge < -0.3 is 4.42 Å². The minimum absolute atomic E-state index is 0.363. The molecule has 3 aromatic rings. The first-order valence-electron chi connectivity index (χ1n) is 6.25. The molecule has 0 aliphatic carbocycles. The largest absolute Gasteiger partial charge is 0.420 e. The summed E-state index contributed by atoms with van der Waals surface area (Å²) in [6, 6.07) is 7.49. The number of nitrogens with zero attached hydrogens (tertiary/aromatic N) is 2. The Bertz CT molecular complexity index is 849. The fourth-order valence-electron chi connectivity index (χ4n) is 2.20. The molecule has 0 radical (unpaired) electrons. The lowest BCUT2D eigenvalue weighted by Crippen LogP contribution is -2.15. The van der Waals surface area contributed by atoms with E-state index in [1.807, 2.05) is 32.0 Å². The van der Waals surface area contributed by atoms with Crippen LogP contribution in [-0.4, -0.2) is 9.55 Å². The highest BCUT2D eigenvalue weighted by atomic mass is 35.5. The van der Waals surface area contributed by atoms with Crippen LogP contribution in [0.15, 0.2) is 39.7 Å². The van der Waals surface area contributed by atoms with E-state index in [4.69, 9.17) is 16.0 Å². The summed E-state index contributed by atoms with van der Waals surface area (Å²) in [5, 5.41) is 0.419. The average Bonchev–Trinajstić information content (AvgIpc) is 2.69. The van der Waals surface area contributed by atoms with Gasteiger partial charge in [-0.05, 0) is 48.7 Å². The third-order valence-electron chi connectivity index (χ3n) is 3.33. The average molecular weight is 289 g/mol. The molecule has 4 nitrogen and oxygen atoms in total. The third kappa shape index (κ3) is 2.23. The minimum Gasteiger partial charge on any atom is -0.408 e. The molecule has 5 heteroatoms. The number of aromatic nitrogens is 2. The summed E-state index contributed by atoms with van der Waals surface area (Å²) >= 11 is 5.91. The summed E-state index contributed by atoms with van der Waals surface area (Å²) < 4.78 is 6.89. The number of rotatable bonds is 2. The summed E-state index contributed by atoms with van der Waals surface area (Å²) in [6.45, 7) is 4.32. The van der Waals surface area contributed by atoms with Crippen molar-refractivity contribution < 1.29 is 4.42 Å². The molecule has 0 spiro atoms. The van der Waals surface area contributed by atoms with Gasteiger partial charge in [0.2, 0.25) is 0 Å². The minimum atomic E-state index is -0.363. The first kappa shape index (κ1) is 12.9. The van der Waals surface area contributed by atoms with E-state index in [2.05, 4.69) is 4.98 Å². The first-order chi connectivity index (χ1) is 9.54. The number of aryl methyl sites for hydroxylation is 2. The Morgan fingerprint density at radius 3 is 2.90 bits per heavy atom.